The monoisotopic (exact) mass is 435 g/mol. The summed E-state index contributed by atoms with van der Waals surface area (Å²) in [5.41, 5.74) is 2.68. The van der Waals surface area contributed by atoms with Gasteiger partial charge >= 0.3 is 5.97 Å². The maximum atomic E-state index is 12.5. The van der Waals surface area contributed by atoms with Crippen molar-refractivity contribution >= 4 is 28.9 Å². The maximum absolute atomic E-state index is 12.5. The van der Waals surface area contributed by atoms with Crippen LogP contribution < -0.4 is 15.5 Å². The highest BCUT2D eigenvalue weighted by Gasteiger charge is 2.15. The van der Waals surface area contributed by atoms with Crippen molar-refractivity contribution in [3.63, 3.8) is 0 Å². The third-order valence-corrected chi connectivity index (χ3v) is 5.04. The number of carbonyl (C=O) groups is 2. The highest BCUT2D eigenvalue weighted by Crippen LogP contribution is 2.20. The Morgan fingerprint density at radius 3 is 2.50 bits per heavy atom. The number of ether oxygens (including phenoxy) is 2. The molecular weight excluding hydrogens is 410 g/mol. The smallest absolute Gasteiger partial charge is 0.340 e. The molecule has 2 aromatic carbocycles. The van der Waals surface area contributed by atoms with Gasteiger partial charge < -0.3 is 29.4 Å². The molecule has 0 radical (unpaired) electrons. The Morgan fingerprint density at radius 1 is 0.969 bits per heavy atom. The lowest BCUT2D eigenvalue weighted by molar-refractivity contribution is -0.119. The van der Waals surface area contributed by atoms with Crippen LogP contribution in [0, 0.1) is 0 Å². The minimum Gasteiger partial charge on any atom is -0.467 e. The number of para-hydroxylation sites is 1. The first-order valence-electron chi connectivity index (χ1n) is 10.4. The lowest BCUT2D eigenvalue weighted by Crippen LogP contribution is -2.36. The number of rotatable bonds is 8. The number of nitrogens with one attached hydrogen (secondary N) is 2. The predicted molar refractivity (Wildman–Crippen MR) is 121 cm³/mol. The lowest BCUT2D eigenvalue weighted by Gasteiger charge is -2.28. The van der Waals surface area contributed by atoms with E-state index in [2.05, 4.69) is 15.5 Å². The van der Waals surface area contributed by atoms with Crippen molar-refractivity contribution in [2.75, 3.05) is 48.4 Å². The van der Waals surface area contributed by atoms with E-state index in [-0.39, 0.29) is 6.61 Å². The van der Waals surface area contributed by atoms with E-state index in [0.29, 0.717) is 36.7 Å². The van der Waals surface area contributed by atoms with Gasteiger partial charge in [-0.3, -0.25) is 4.79 Å². The molecule has 1 saturated heterocycles. The average Bonchev–Trinajstić information content (AvgIpc) is 3.36. The molecule has 0 saturated carbocycles. The molecule has 4 rings (SSSR count). The molecule has 0 spiro atoms. The zero-order valence-electron chi connectivity index (χ0n) is 17.6. The summed E-state index contributed by atoms with van der Waals surface area (Å²) in [4.78, 5) is 27.0. The Balaban J connectivity index is 1.28. The molecule has 0 aliphatic carbocycles. The van der Waals surface area contributed by atoms with Crippen molar-refractivity contribution in [2.45, 2.75) is 6.54 Å². The SMILES string of the molecule is O=C(COC(=O)c1ccccc1NCc1ccco1)Nc1ccc(N2CCOCC2)cc1. The van der Waals surface area contributed by atoms with Gasteiger partial charge in [0.05, 0.1) is 31.6 Å². The zero-order chi connectivity index (χ0) is 22.2. The lowest BCUT2D eigenvalue weighted by atomic mass is 10.2. The van der Waals surface area contributed by atoms with Crippen LogP contribution in [0.25, 0.3) is 0 Å². The number of amides is 1. The molecule has 166 valence electrons. The molecule has 32 heavy (non-hydrogen) atoms. The molecular formula is C24H25N3O5. The number of anilines is 3. The molecule has 2 N–H and O–H groups in total. The van der Waals surface area contributed by atoms with E-state index >= 15 is 0 Å². The number of nitrogens with zero attached hydrogens (tertiary/aromatic N) is 1. The number of morpholine rings is 1. The van der Waals surface area contributed by atoms with Crippen molar-refractivity contribution in [1.29, 1.82) is 0 Å². The Labute approximate surface area is 186 Å². The van der Waals surface area contributed by atoms with Crippen LogP contribution in [0.15, 0.2) is 71.3 Å². The number of hydrogen-bond acceptors (Lipinski definition) is 7. The summed E-state index contributed by atoms with van der Waals surface area (Å²) in [7, 11) is 0. The molecule has 1 aliphatic heterocycles. The number of furan rings is 1. The second kappa shape index (κ2) is 10.5. The fraction of sp³-hybridized carbons (Fsp3) is 0.250. The minimum absolute atomic E-state index is 0.349. The minimum atomic E-state index is -0.578. The van der Waals surface area contributed by atoms with E-state index in [1.807, 2.05) is 36.4 Å². The number of carbonyl (C=O) groups excluding carboxylic acids is 2. The van der Waals surface area contributed by atoms with Crippen molar-refractivity contribution in [1.82, 2.24) is 0 Å². The van der Waals surface area contributed by atoms with E-state index in [1.54, 1.807) is 30.5 Å². The van der Waals surface area contributed by atoms with Crippen molar-refractivity contribution in [3.8, 4) is 0 Å². The van der Waals surface area contributed by atoms with E-state index in [9.17, 15) is 9.59 Å². The molecule has 8 heteroatoms. The maximum Gasteiger partial charge on any atom is 0.340 e. The standard InChI is InChI=1S/C24H25N3O5/c28-23(26-18-7-9-19(10-8-18)27-11-14-30-15-12-27)17-32-24(29)21-5-1-2-6-22(21)25-16-20-4-3-13-31-20/h1-10,13,25H,11-12,14-17H2,(H,26,28). The quantitative estimate of drug-likeness (QED) is 0.523. The van der Waals surface area contributed by atoms with E-state index in [1.165, 1.54) is 0 Å². The van der Waals surface area contributed by atoms with Crippen molar-refractivity contribution in [2.24, 2.45) is 0 Å². The molecule has 0 bridgehead atoms. The first-order chi connectivity index (χ1) is 15.7. The second-order valence-electron chi connectivity index (χ2n) is 7.25. The van der Waals surface area contributed by atoms with E-state index < -0.39 is 11.9 Å². The van der Waals surface area contributed by atoms with Gasteiger partial charge in [-0.05, 0) is 48.5 Å². The second-order valence-corrected chi connectivity index (χ2v) is 7.25. The van der Waals surface area contributed by atoms with E-state index in [0.717, 1.165) is 24.5 Å². The largest absolute Gasteiger partial charge is 0.467 e. The molecule has 2 heterocycles. The normalized spacial score (nSPS) is 13.4. The van der Waals surface area contributed by atoms with Gasteiger partial charge in [0, 0.05) is 30.2 Å². The van der Waals surface area contributed by atoms with Crippen LogP contribution in [-0.2, 0) is 20.8 Å². The number of esters is 1. The van der Waals surface area contributed by atoms with Crippen LogP contribution in [0.3, 0.4) is 0 Å². The number of benzene rings is 2. The third-order valence-electron chi connectivity index (χ3n) is 5.04. The van der Waals surface area contributed by atoms with Gasteiger partial charge in [-0.2, -0.15) is 0 Å². The summed E-state index contributed by atoms with van der Waals surface area (Å²) in [6.07, 6.45) is 1.59. The number of hydrogen-bond donors (Lipinski definition) is 2. The van der Waals surface area contributed by atoms with Crippen LogP contribution in [-0.4, -0.2) is 44.8 Å². The fourth-order valence-corrected chi connectivity index (χ4v) is 3.39. The summed E-state index contributed by atoms with van der Waals surface area (Å²) < 4.78 is 15.9. The summed E-state index contributed by atoms with van der Waals surface area (Å²) in [6, 6.07) is 18.2. The Hall–Kier alpha value is -3.78. The van der Waals surface area contributed by atoms with Gasteiger partial charge in [0.1, 0.15) is 5.76 Å². The van der Waals surface area contributed by atoms with Gasteiger partial charge in [-0.1, -0.05) is 12.1 Å². The molecule has 3 aromatic rings. The molecule has 0 unspecified atom stereocenters. The van der Waals surface area contributed by atoms with Crippen LogP contribution in [0.2, 0.25) is 0 Å². The van der Waals surface area contributed by atoms with Crippen molar-refractivity contribution < 1.29 is 23.5 Å². The Kier molecular flexibility index (Phi) is 7.04. The van der Waals surface area contributed by atoms with E-state index in [4.69, 9.17) is 13.9 Å². The van der Waals surface area contributed by atoms with Crippen LogP contribution in [0.4, 0.5) is 17.1 Å². The van der Waals surface area contributed by atoms with Gasteiger partial charge in [-0.25, -0.2) is 4.79 Å². The van der Waals surface area contributed by atoms with Crippen molar-refractivity contribution in [3.05, 3.63) is 78.3 Å². The summed E-state index contributed by atoms with van der Waals surface area (Å²) in [5, 5.41) is 5.90. The topological polar surface area (TPSA) is 93.0 Å². The molecule has 8 nitrogen and oxygen atoms in total. The van der Waals surface area contributed by atoms with Gasteiger partial charge in [0.25, 0.3) is 5.91 Å². The highest BCUT2D eigenvalue weighted by molar-refractivity contribution is 5.98. The summed E-state index contributed by atoms with van der Waals surface area (Å²) in [6.45, 7) is 3.17. The van der Waals surface area contributed by atoms with Gasteiger partial charge in [-0.15, -0.1) is 0 Å². The van der Waals surface area contributed by atoms with Gasteiger partial charge in [0.2, 0.25) is 0 Å². The molecule has 1 aromatic heterocycles. The average molecular weight is 435 g/mol. The Morgan fingerprint density at radius 2 is 1.75 bits per heavy atom. The third kappa shape index (κ3) is 5.67. The van der Waals surface area contributed by atoms with Gasteiger partial charge in [0.15, 0.2) is 6.61 Å². The Bertz CT molecular complexity index is 1030. The molecule has 1 fully saturated rings. The zero-order valence-corrected chi connectivity index (χ0v) is 17.6. The summed E-state index contributed by atoms with van der Waals surface area (Å²) >= 11 is 0. The summed E-state index contributed by atoms with van der Waals surface area (Å²) in [5.74, 6) is -0.240. The predicted octanol–water partition coefficient (Wildman–Crippen LogP) is 3.52. The highest BCUT2D eigenvalue weighted by atomic mass is 16.5. The molecule has 0 atom stereocenters. The van der Waals surface area contributed by atoms with Crippen LogP contribution in [0.5, 0.6) is 0 Å². The molecule has 1 aliphatic rings. The van der Waals surface area contributed by atoms with Crippen LogP contribution in [0.1, 0.15) is 16.1 Å². The molecule has 1 amide bonds. The first-order valence-corrected chi connectivity index (χ1v) is 10.4. The van der Waals surface area contributed by atoms with Crippen LogP contribution >= 0.6 is 0 Å². The first kappa shape index (κ1) is 21.5. The fourth-order valence-electron chi connectivity index (χ4n) is 3.39.